The van der Waals surface area contributed by atoms with Crippen LogP contribution in [0.4, 0.5) is 5.69 Å². The summed E-state index contributed by atoms with van der Waals surface area (Å²) < 4.78 is 34.9. The van der Waals surface area contributed by atoms with Gasteiger partial charge in [0.05, 0.1) is 17.7 Å². The maximum Gasteiger partial charge on any atom is 0.264 e. The maximum absolute atomic E-state index is 14.6. The Morgan fingerprint density at radius 2 is 1.52 bits per heavy atom. The van der Waals surface area contributed by atoms with Crippen LogP contribution in [0.25, 0.3) is 0 Å². The van der Waals surface area contributed by atoms with Gasteiger partial charge in [0, 0.05) is 29.1 Å². The van der Waals surface area contributed by atoms with Gasteiger partial charge < -0.3 is 15.0 Å². The summed E-state index contributed by atoms with van der Waals surface area (Å²) in [6.45, 7) is 3.14. The number of halogens is 2. The molecule has 0 aliphatic carbocycles. The van der Waals surface area contributed by atoms with Crippen LogP contribution < -0.4 is 14.4 Å². The average molecular weight is 683 g/mol. The highest BCUT2D eigenvalue weighted by Gasteiger charge is 2.36. The van der Waals surface area contributed by atoms with E-state index in [4.69, 9.17) is 27.9 Å². The summed E-state index contributed by atoms with van der Waals surface area (Å²) in [5.74, 6) is -0.722. The molecule has 0 aliphatic rings. The SMILES string of the molecule is CC[C@@H](C)NC(=O)[C@@H](Cc1ccccc1)N(Cc1ccc(Cl)cc1Cl)C(=O)CN(c1ccccc1OC)S(=O)(=O)c1ccccc1. The number of rotatable bonds is 14. The number of anilines is 1. The summed E-state index contributed by atoms with van der Waals surface area (Å²) in [5, 5.41) is 3.74. The molecule has 8 nitrogen and oxygen atoms in total. The van der Waals surface area contributed by atoms with Crippen LogP contribution >= 0.6 is 23.2 Å². The standard InChI is InChI=1S/C35H37Cl2N3O5S/c1-4-25(2)38-35(42)32(21-26-13-7-5-8-14-26)39(23-27-19-20-28(36)22-30(27)37)34(41)24-40(31-17-11-12-18-33(31)45-3)46(43,44)29-15-9-6-10-16-29/h5-20,22,25,32H,4,21,23-24H2,1-3H3,(H,38,42)/t25-,32-/m1/s1. The van der Waals surface area contributed by atoms with E-state index in [0.29, 0.717) is 22.0 Å². The van der Waals surface area contributed by atoms with Crippen molar-refractivity contribution in [1.29, 1.82) is 0 Å². The Bertz CT molecular complexity index is 1740. The Kier molecular flexibility index (Phi) is 12.1. The molecule has 2 atom stereocenters. The lowest BCUT2D eigenvalue weighted by Crippen LogP contribution is -2.54. The third-order valence-electron chi connectivity index (χ3n) is 7.59. The van der Waals surface area contributed by atoms with Crippen molar-refractivity contribution in [2.24, 2.45) is 0 Å². The van der Waals surface area contributed by atoms with Crippen molar-refractivity contribution in [1.82, 2.24) is 10.2 Å². The number of carbonyl (C=O) groups excluding carboxylic acids is 2. The van der Waals surface area contributed by atoms with E-state index in [9.17, 15) is 18.0 Å². The van der Waals surface area contributed by atoms with Gasteiger partial charge in [-0.2, -0.15) is 0 Å². The molecule has 1 N–H and O–H groups in total. The molecule has 4 aromatic carbocycles. The molecule has 0 spiro atoms. The molecular weight excluding hydrogens is 645 g/mol. The van der Waals surface area contributed by atoms with Gasteiger partial charge in [-0.3, -0.25) is 13.9 Å². The van der Waals surface area contributed by atoms with Crippen LogP contribution in [0.1, 0.15) is 31.4 Å². The van der Waals surface area contributed by atoms with Gasteiger partial charge in [0.2, 0.25) is 11.8 Å². The van der Waals surface area contributed by atoms with Gasteiger partial charge in [-0.05, 0) is 60.9 Å². The molecule has 0 unspecified atom stereocenters. The first-order valence-corrected chi connectivity index (χ1v) is 17.0. The van der Waals surface area contributed by atoms with E-state index >= 15 is 0 Å². The molecule has 46 heavy (non-hydrogen) atoms. The van der Waals surface area contributed by atoms with Crippen LogP contribution in [0.3, 0.4) is 0 Å². The maximum atomic E-state index is 14.6. The fourth-order valence-corrected chi connectivity index (χ4v) is 6.81. The van der Waals surface area contributed by atoms with Crippen LogP contribution in [-0.4, -0.2) is 50.9 Å². The number of methoxy groups -OCH3 is 1. The van der Waals surface area contributed by atoms with E-state index in [1.54, 1.807) is 60.7 Å². The molecule has 0 heterocycles. The van der Waals surface area contributed by atoms with Gasteiger partial charge in [0.15, 0.2) is 0 Å². The van der Waals surface area contributed by atoms with Crippen LogP contribution in [-0.2, 0) is 32.6 Å². The lowest BCUT2D eigenvalue weighted by atomic mass is 10.0. The third-order valence-corrected chi connectivity index (χ3v) is 9.95. The van der Waals surface area contributed by atoms with Gasteiger partial charge in [-0.15, -0.1) is 0 Å². The summed E-state index contributed by atoms with van der Waals surface area (Å²) in [6.07, 6.45) is 0.859. The van der Waals surface area contributed by atoms with Gasteiger partial charge in [0.1, 0.15) is 18.3 Å². The van der Waals surface area contributed by atoms with Crippen molar-refractivity contribution < 1.29 is 22.7 Å². The fourth-order valence-electron chi connectivity index (χ4n) is 4.90. The number of sulfonamides is 1. The molecule has 11 heteroatoms. The summed E-state index contributed by atoms with van der Waals surface area (Å²) >= 11 is 12.7. The van der Waals surface area contributed by atoms with E-state index < -0.39 is 28.5 Å². The van der Waals surface area contributed by atoms with Crippen molar-refractivity contribution in [3.05, 3.63) is 124 Å². The molecule has 4 aromatic rings. The zero-order valence-corrected chi connectivity index (χ0v) is 28.2. The number of hydrogen-bond donors (Lipinski definition) is 1. The first kappa shape index (κ1) is 34.8. The lowest BCUT2D eigenvalue weighted by Gasteiger charge is -2.34. The molecule has 0 radical (unpaired) electrons. The molecule has 2 amide bonds. The first-order valence-electron chi connectivity index (χ1n) is 14.8. The molecule has 0 bridgehead atoms. The topological polar surface area (TPSA) is 96.0 Å². The number of hydrogen-bond acceptors (Lipinski definition) is 5. The van der Waals surface area contributed by atoms with Crippen molar-refractivity contribution in [2.45, 2.75) is 50.2 Å². The van der Waals surface area contributed by atoms with Crippen LogP contribution in [0.2, 0.25) is 10.0 Å². The number of para-hydroxylation sites is 2. The minimum atomic E-state index is -4.27. The van der Waals surface area contributed by atoms with E-state index in [0.717, 1.165) is 9.87 Å². The second-order valence-electron chi connectivity index (χ2n) is 10.8. The van der Waals surface area contributed by atoms with Crippen LogP contribution in [0.5, 0.6) is 5.75 Å². The Morgan fingerprint density at radius 3 is 2.15 bits per heavy atom. The fraction of sp³-hybridized carbons (Fsp3) is 0.257. The number of nitrogens with zero attached hydrogens (tertiary/aromatic N) is 2. The highest BCUT2D eigenvalue weighted by atomic mass is 35.5. The largest absolute Gasteiger partial charge is 0.495 e. The van der Waals surface area contributed by atoms with Crippen LogP contribution in [0.15, 0.2) is 108 Å². The lowest BCUT2D eigenvalue weighted by molar-refractivity contribution is -0.140. The van der Waals surface area contributed by atoms with Gasteiger partial charge in [-0.25, -0.2) is 8.42 Å². The highest BCUT2D eigenvalue weighted by molar-refractivity contribution is 7.92. The Hall–Kier alpha value is -4.05. The zero-order chi connectivity index (χ0) is 33.3. The molecule has 242 valence electrons. The zero-order valence-electron chi connectivity index (χ0n) is 25.9. The predicted molar refractivity (Wildman–Crippen MR) is 183 cm³/mol. The summed E-state index contributed by atoms with van der Waals surface area (Å²) in [7, 11) is -2.84. The number of carbonyl (C=O) groups is 2. The smallest absolute Gasteiger partial charge is 0.264 e. The molecule has 0 aliphatic heterocycles. The van der Waals surface area contributed by atoms with E-state index in [2.05, 4.69) is 5.32 Å². The quantitative estimate of drug-likeness (QED) is 0.159. The van der Waals surface area contributed by atoms with Crippen LogP contribution in [0, 0.1) is 0 Å². The molecule has 0 saturated heterocycles. The normalized spacial score (nSPS) is 12.5. The number of amides is 2. The summed E-state index contributed by atoms with van der Waals surface area (Å²) in [6, 6.07) is 27.5. The molecule has 0 aromatic heterocycles. The number of nitrogens with one attached hydrogen (secondary N) is 1. The summed E-state index contributed by atoms with van der Waals surface area (Å²) in [4.78, 5) is 30.0. The number of benzene rings is 4. The Morgan fingerprint density at radius 1 is 0.891 bits per heavy atom. The minimum Gasteiger partial charge on any atom is -0.495 e. The van der Waals surface area contributed by atoms with E-state index in [1.165, 1.54) is 24.1 Å². The third kappa shape index (κ3) is 8.60. The van der Waals surface area contributed by atoms with Crippen molar-refractivity contribution in [3.8, 4) is 5.75 Å². The van der Waals surface area contributed by atoms with Crippen molar-refractivity contribution >= 4 is 50.7 Å². The Balaban J connectivity index is 1.85. The highest BCUT2D eigenvalue weighted by Crippen LogP contribution is 2.33. The van der Waals surface area contributed by atoms with Gasteiger partial charge >= 0.3 is 0 Å². The molecule has 0 saturated carbocycles. The first-order chi connectivity index (χ1) is 22.0. The van der Waals surface area contributed by atoms with Gasteiger partial charge in [-0.1, -0.05) is 96.9 Å². The van der Waals surface area contributed by atoms with E-state index in [1.807, 2.05) is 44.2 Å². The average Bonchev–Trinajstić information content (AvgIpc) is 3.06. The molecular formula is C35H37Cl2N3O5S. The predicted octanol–water partition coefficient (Wildman–Crippen LogP) is 6.75. The van der Waals surface area contributed by atoms with Crippen molar-refractivity contribution in [2.75, 3.05) is 18.0 Å². The second kappa shape index (κ2) is 16.0. The van der Waals surface area contributed by atoms with E-state index in [-0.39, 0.29) is 41.2 Å². The Labute approximate surface area is 280 Å². The molecule has 0 fully saturated rings. The molecule has 4 rings (SSSR count). The second-order valence-corrected chi connectivity index (χ2v) is 13.5. The monoisotopic (exact) mass is 681 g/mol. The number of ether oxygens (including phenoxy) is 1. The van der Waals surface area contributed by atoms with Crippen molar-refractivity contribution in [3.63, 3.8) is 0 Å². The van der Waals surface area contributed by atoms with Gasteiger partial charge in [0.25, 0.3) is 10.0 Å². The minimum absolute atomic E-state index is 0.00338. The summed E-state index contributed by atoms with van der Waals surface area (Å²) in [5.41, 5.74) is 1.55.